The van der Waals surface area contributed by atoms with Gasteiger partial charge in [-0.1, -0.05) is 0 Å². The minimum Gasteiger partial charge on any atom is -0.390 e. The van der Waals surface area contributed by atoms with Crippen LogP contribution in [0.25, 0.3) is 0 Å². The molecule has 0 unspecified atom stereocenters. The van der Waals surface area contributed by atoms with Crippen molar-refractivity contribution in [2.45, 2.75) is 38.9 Å². The van der Waals surface area contributed by atoms with Crippen LogP contribution in [0.1, 0.15) is 27.2 Å². The summed E-state index contributed by atoms with van der Waals surface area (Å²) < 4.78 is 5.30. The number of aliphatic hydroxyl groups is 1. The van der Waals surface area contributed by atoms with Gasteiger partial charge in [-0.3, -0.25) is 0 Å². The van der Waals surface area contributed by atoms with E-state index >= 15 is 0 Å². The van der Waals surface area contributed by atoms with E-state index in [0.717, 1.165) is 0 Å². The molecule has 0 saturated carbocycles. The molecule has 0 aliphatic rings. The first kappa shape index (κ1) is 10.5. The van der Waals surface area contributed by atoms with E-state index in [-0.39, 0.29) is 5.60 Å². The highest BCUT2D eigenvalue weighted by atomic mass is 16.5. The average Bonchev–Trinajstić information content (AvgIpc) is 1.83. The summed E-state index contributed by atoms with van der Waals surface area (Å²) >= 11 is 0. The fourth-order valence-corrected chi connectivity index (χ4v) is 0.541. The topological polar surface area (TPSA) is 29.5 Å². The maximum atomic E-state index is 9.14. The maximum Gasteiger partial charge on any atom is 0.0882 e. The van der Waals surface area contributed by atoms with Gasteiger partial charge in [-0.25, -0.2) is 0 Å². The minimum atomic E-state index is -0.528. The van der Waals surface area contributed by atoms with Gasteiger partial charge in [0, 0.05) is 6.42 Å². The van der Waals surface area contributed by atoms with Crippen LogP contribution in [0.4, 0.5) is 0 Å². The summed E-state index contributed by atoms with van der Waals surface area (Å²) in [5.41, 5.74) is -0.199. The molecule has 1 atom stereocenters. The van der Waals surface area contributed by atoms with Crippen LogP contribution in [0.2, 0.25) is 0 Å². The van der Waals surface area contributed by atoms with Crippen molar-refractivity contribution < 1.29 is 9.84 Å². The maximum absolute atomic E-state index is 9.14. The highest BCUT2D eigenvalue weighted by Gasteiger charge is 2.12. The van der Waals surface area contributed by atoms with Crippen molar-refractivity contribution in [3.63, 3.8) is 0 Å². The van der Waals surface area contributed by atoms with Crippen LogP contribution in [0, 0.1) is 12.3 Å². The van der Waals surface area contributed by atoms with Gasteiger partial charge >= 0.3 is 0 Å². The van der Waals surface area contributed by atoms with E-state index in [0.29, 0.717) is 13.0 Å². The van der Waals surface area contributed by atoms with Gasteiger partial charge < -0.3 is 9.84 Å². The lowest BCUT2D eigenvalue weighted by molar-refractivity contribution is -0.0470. The molecule has 0 aromatic rings. The number of terminal acetylenes is 1. The lowest BCUT2D eigenvalue weighted by atomic mass is 10.2. The third-order valence-electron chi connectivity index (χ3n) is 1.06. The number of hydrogen-bond donors (Lipinski definition) is 1. The predicted molar refractivity (Wildman–Crippen MR) is 45.2 cm³/mol. The number of aliphatic hydroxyl groups excluding tert-OH is 1. The van der Waals surface area contributed by atoms with Crippen molar-refractivity contribution in [1.82, 2.24) is 0 Å². The zero-order chi connectivity index (χ0) is 8.91. The Kier molecular flexibility index (Phi) is 4.17. The molecule has 2 nitrogen and oxygen atoms in total. The first-order chi connectivity index (χ1) is 4.95. The lowest BCUT2D eigenvalue weighted by Gasteiger charge is -2.21. The first-order valence-electron chi connectivity index (χ1n) is 3.71. The van der Waals surface area contributed by atoms with E-state index in [1.54, 1.807) is 0 Å². The van der Waals surface area contributed by atoms with Crippen LogP contribution in [0.5, 0.6) is 0 Å². The molecule has 2 heteroatoms. The Balaban J connectivity index is 3.48. The molecular weight excluding hydrogens is 140 g/mol. The minimum absolute atomic E-state index is 0.199. The lowest BCUT2D eigenvalue weighted by Crippen LogP contribution is -2.25. The SMILES string of the molecule is C#CC[C@@H](O)COC(C)(C)C. The Labute approximate surface area is 68.6 Å². The molecule has 0 spiro atoms. The second-order valence-corrected chi connectivity index (χ2v) is 3.49. The van der Waals surface area contributed by atoms with Gasteiger partial charge in [0.1, 0.15) is 0 Å². The molecule has 0 saturated heterocycles. The summed E-state index contributed by atoms with van der Waals surface area (Å²) in [7, 11) is 0. The quantitative estimate of drug-likeness (QED) is 0.622. The van der Waals surface area contributed by atoms with Crippen LogP contribution in [0.15, 0.2) is 0 Å². The summed E-state index contributed by atoms with van der Waals surface area (Å²) in [6.45, 7) is 6.13. The molecule has 0 fully saturated rings. The zero-order valence-electron chi connectivity index (χ0n) is 7.42. The van der Waals surface area contributed by atoms with Crippen LogP contribution in [-0.2, 0) is 4.74 Å². The van der Waals surface area contributed by atoms with E-state index in [1.165, 1.54) is 0 Å². The molecule has 0 aromatic heterocycles. The summed E-state index contributed by atoms with van der Waals surface area (Å²) in [5.74, 6) is 2.37. The van der Waals surface area contributed by atoms with E-state index in [4.69, 9.17) is 16.3 Å². The normalized spacial score (nSPS) is 14.1. The highest BCUT2D eigenvalue weighted by Crippen LogP contribution is 2.07. The van der Waals surface area contributed by atoms with Crippen LogP contribution in [-0.4, -0.2) is 23.4 Å². The van der Waals surface area contributed by atoms with Crippen molar-refractivity contribution in [2.75, 3.05) is 6.61 Å². The molecule has 0 amide bonds. The molecule has 0 radical (unpaired) electrons. The van der Waals surface area contributed by atoms with E-state index in [2.05, 4.69) is 5.92 Å². The highest BCUT2D eigenvalue weighted by molar-refractivity contribution is 4.86. The molecule has 0 rings (SSSR count). The van der Waals surface area contributed by atoms with Crippen LogP contribution in [0.3, 0.4) is 0 Å². The third kappa shape index (κ3) is 7.38. The van der Waals surface area contributed by atoms with Gasteiger partial charge in [0.25, 0.3) is 0 Å². The Morgan fingerprint density at radius 1 is 1.55 bits per heavy atom. The smallest absolute Gasteiger partial charge is 0.0882 e. The van der Waals surface area contributed by atoms with Gasteiger partial charge in [-0.05, 0) is 20.8 Å². The third-order valence-corrected chi connectivity index (χ3v) is 1.06. The van der Waals surface area contributed by atoms with Gasteiger partial charge in [0.05, 0.1) is 18.3 Å². The summed E-state index contributed by atoms with van der Waals surface area (Å²) in [6.07, 6.45) is 4.83. The van der Waals surface area contributed by atoms with E-state index in [9.17, 15) is 0 Å². The molecule has 11 heavy (non-hydrogen) atoms. The first-order valence-corrected chi connectivity index (χ1v) is 3.71. The Hall–Kier alpha value is -0.520. The molecule has 0 bridgehead atoms. The fraction of sp³-hybridized carbons (Fsp3) is 0.778. The van der Waals surface area contributed by atoms with Crippen molar-refractivity contribution in [1.29, 1.82) is 0 Å². The summed E-state index contributed by atoms with van der Waals surface area (Å²) in [5, 5.41) is 9.14. The molecule has 1 N–H and O–H groups in total. The Morgan fingerprint density at radius 3 is 2.45 bits per heavy atom. The molecule has 0 aliphatic carbocycles. The molecule has 0 aliphatic heterocycles. The largest absolute Gasteiger partial charge is 0.390 e. The zero-order valence-corrected chi connectivity index (χ0v) is 7.42. The summed E-state index contributed by atoms with van der Waals surface area (Å²) in [6, 6.07) is 0. The Morgan fingerprint density at radius 2 is 2.09 bits per heavy atom. The van der Waals surface area contributed by atoms with Crippen molar-refractivity contribution >= 4 is 0 Å². The van der Waals surface area contributed by atoms with Gasteiger partial charge in [-0.15, -0.1) is 12.3 Å². The van der Waals surface area contributed by atoms with Gasteiger partial charge in [0.2, 0.25) is 0 Å². The predicted octanol–water partition coefficient (Wildman–Crippen LogP) is 1.19. The number of ether oxygens (including phenoxy) is 1. The standard InChI is InChI=1S/C9H16O2/c1-5-6-8(10)7-11-9(2,3)4/h1,8,10H,6-7H2,2-4H3/t8-/m1/s1. The molecular formula is C9H16O2. The number of hydrogen-bond acceptors (Lipinski definition) is 2. The van der Waals surface area contributed by atoms with Gasteiger partial charge in [-0.2, -0.15) is 0 Å². The van der Waals surface area contributed by atoms with Crippen LogP contribution >= 0.6 is 0 Å². The Bertz CT molecular complexity index is 139. The monoisotopic (exact) mass is 156 g/mol. The average molecular weight is 156 g/mol. The fourth-order valence-electron chi connectivity index (χ4n) is 0.541. The van der Waals surface area contributed by atoms with Crippen molar-refractivity contribution in [2.24, 2.45) is 0 Å². The van der Waals surface area contributed by atoms with Crippen LogP contribution < -0.4 is 0 Å². The molecule has 0 heterocycles. The van der Waals surface area contributed by atoms with E-state index in [1.807, 2.05) is 20.8 Å². The number of rotatable bonds is 3. The van der Waals surface area contributed by atoms with Gasteiger partial charge in [0.15, 0.2) is 0 Å². The second-order valence-electron chi connectivity index (χ2n) is 3.49. The second kappa shape index (κ2) is 4.38. The molecule has 0 aromatic carbocycles. The van der Waals surface area contributed by atoms with E-state index < -0.39 is 6.10 Å². The van der Waals surface area contributed by atoms with Crippen molar-refractivity contribution in [3.8, 4) is 12.3 Å². The summed E-state index contributed by atoms with van der Waals surface area (Å²) in [4.78, 5) is 0. The molecule has 64 valence electrons. The van der Waals surface area contributed by atoms with Crippen molar-refractivity contribution in [3.05, 3.63) is 0 Å².